The molecule has 0 fully saturated rings. The summed E-state index contributed by atoms with van der Waals surface area (Å²) in [7, 11) is 0. The predicted octanol–water partition coefficient (Wildman–Crippen LogP) is 2.62. The van der Waals surface area contributed by atoms with Gasteiger partial charge in [0.05, 0.1) is 22.2 Å². The van der Waals surface area contributed by atoms with Gasteiger partial charge in [-0.05, 0) is 18.6 Å². The first kappa shape index (κ1) is 11.9. The molecule has 2 aromatic rings. The number of nitro groups is 1. The molecule has 2 rings (SSSR count). The largest absolute Gasteiger partial charge is 0.341 e. The number of aromatic nitrogens is 1. The van der Waals surface area contributed by atoms with Crippen LogP contribution in [0.3, 0.4) is 0 Å². The lowest BCUT2D eigenvalue weighted by Crippen LogP contribution is -2.03. The summed E-state index contributed by atoms with van der Waals surface area (Å²) in [6.45, 7) is 2.16. The van der Waals surface area contributed by atoms with E-state index in [0.29, 0.717) is 17.8 Å². The van der Waals surface area contributed by atoms with Crippen molar-refractivity contribution in [2.24, 2.45) is 0 Å². The first-order chi connectivity index (χ1) is 8.63. The second kappa shape index (κ2) is 4.72. The molecular formula is C13H11N3O2. The predicted molar refractivity (Wildman–Crippen MR) is 66.1 cm³/mol. The molecule has 0 atom stereocenters. The van der Waals surface area contributed by atoms with E-state index >= 15 is 0 Å². The lowest BCUT2D eigenvalue weighted by molar-refractivity contribution is -0.385. The third-order valence-corrected chi connectivity index (χ3v) is 2.89. The van der Waals surface area contributed by atoms with Crippen molar-refractivity contribution in [1.29, 1.82) is 5.26 Å². The fourth-order valence-corrected chi connectivity index (χ4v) is 1.86. The summed E-state index contributed by atoms with van der Waals surface area (Å²) in [5.74, 6) is 0. The number of benzene rings is 1. The van der Waals surface area contributed by atoms with Crippen molar-refractivity contribution in [2.45, 2.75) is 13.5 Å². The van der Waals surface area contributed by atoms with Crippen LogP contribution in [0.25, 0.3) is 0 Å². The molecule has 18 heavy (non-hydrogen) atoms. The summed E-state index contributed by atoms with van der Waals surface area (Å²) < 4.78 is 1.77. The Morgan fingerprint density at radius 1 is 1.39 bits per heavy atom. The molecule has 0 amide bonds. The van der Waals surface area contributed by atoms with Crippen LogP contribution in [-0.4, -0.2) is 9.49 Å². The minimum absolute atomic E-state index is 0.101. The monoisotopic (exact) mass is 241 g/mol. The first-order valence-electron chi connectivity index (χ1n) is 5.41. The number of hydrogen-bond donors (Lipinski definition) is 0. The van der Waals surface area contributed by atoms with Crippen LogP contribution in [0.15, 0.2) is 36.5 Å². The molecule has 5 nitrogen and oxygen atoms in total. The van der Waals surface area contributed by atoms with Crippen molar-refractivity contribution in [3.05, 3.63) is 63.5 Å². The van der Waals surface area contributed by atoms with Gasteiger partial charge >= 0.3 is 0 Å². The molecule has 0 aliphatic rings. The highest BCUT2D eigenvalue weighted by molar-refractivity contribution is 5.40. The van der Waals surface area contributed by atoms with Crippen molar-refractivity contribution in [2.75, 3.05) is 0 Å². The Morgan fingerprint density at radius 2 is 2.11 bits per heavy atom. The first-order valence-corrected chi connectivity index (χ1v) is 5.41. The Morgan fingerprint density at radius 3 is 2.72 bits per heavy atom. The smallest absolute Gasteiger partial charge is 0.289 e. The summed E-state index contributed by atoms with van der Waals surface area (Å²) in [5, 5.41) is 19.7. The van der Waals surface area contributed by atoms with E-state index in [0.717, 1.165) is 5.56 Å². The van der Waals surface area contributed by atoms with E-state index in [-0.39, 0.29) is 5.69 Å². The topological polar surface area (TPSA) is 71.9 Å². The molecule has 0 saturated heterocycles. The van der Waals surface area contributed by atoms with E-state index < -0.39 is 4.92 Å². The van der Waals surface area contributed by atoms with Gasteiger partial charge in [0.15, 0.2) is 0 Å². The van der Waals surface area contributed by atoms with Crippen molar-refractivity contribution in [3.63, 3.8) is 0 Å². The maximum Gasteiger partial charge on any atom is 0.289 e. The zero-order chi connectivity index (χ0) is 13.1. The third-order valence-electron chi connectivity index (χ3n) is 2.89. The average molecular weight is 241 g/mol. The van der Waals surface area contributed by atoms with Gasteiger partial charge in [-0.2, -0.15) is 5.26 Å². The van der Waals surface area contributed by atoms with Gasteiger partial charge < -0.3 is 4.57 Å². The zero-order valence-corrected chi connectivity index (χ0v) is 9.83. The zero-order valence-electron chi connectivity index (χ0n) is 9.83. The van der Waals surface area contributed by atoms with Crippen molar-refractivity contribution < 1.29 is 4.92 Å². The normalized spacial score (nSPS) is 10.0. The number of rotatable bonds is 3. The Labute approximate surface area is 104 Å². The summed E-state index contributed by atoms with van der Waals surface area (Å²) >= 11 is 0. The van der Waals surface area contributed by atoms with Crippen LogP contribution in [0, 0.1) is 28.4 Å². The maximum atomic E-state index is 10.8. The van der Waals surface area contributed by atoms with E-state index in [1.165, 1.54) is 6.07 Å². The SMILES string of the molecule is Cc1c([N+](=O)[O-])ccn1Cc1ccccc1C#N. The Hall–Kier alpha value is -2.61. The van der Waals surface area contributed by atoms with Crippen molar-refractivity contribution >= 4 is 5.69 Å². The van der Waals surface area contributed by atoms with Gasteiger partial charge in [0, 0.05) is 18.8 Å². The van der Waals surface area contributed by atoms with Gasteiger partial charge in [-0.25, -0.2) is 0 Å². The van der Waals surface area contributed by atoms with E-state index in [1.54, 1.807) is 29.8 Å². The highest BCUT2D eigenvalue weighted by Crippen LogP contribution is 2.20. The lowest BCUT2D eigenvalue weighted by atomic mass is 10.1. The Bertz CT molecular complexity index is 638. The molecule has 0 radical (unpaired) electrons. The molecule has 0 spiro atoms. The Balaban J connectivity index is 2.35. The molecule has 0 N–H and O–H groups in total. The molecule has 1 aromatic heterocycles. The number of hydrogen-bond acceptors (Lipinski definition) is 3. The summed E-state index contributed by atoms with van der Waals surface area (Å²) in [6, 6.07) is 10.8. The molecule has 0 unspecified atom stereocenters. The molecule has 1 heterocycles. The van der Waals surface area contributed by atoms with Crippen LogP contribution in [0.4, 0.5) is 5.69 Å². The van der Waals surface area contributed by atoms with Gasteiger partial charge in [0.1, 0.15) is 0 Å². The second-order valence-corrected chi connectivity index (χ2v) is 3.94. The molecule has 1 aromatic carbocycles. The average Bonchev–Trinajstić information content (AvgIpc) is 2.72. The maximum absolute atomic E-state index is 10.8. The number of nitrogens with zero attached hydrogens (tertiary/aromatic N) is 3. The van der Waals surface area contributed by atoms with Crippen LogP contribution in [0.5, 0.6) is 0 Å². The van der Waals surface area contributed by atoms with Gasteiger partial charge in [-0.15, -0.1) is 0 Å². The summed E-state index contributed by atoms with van der Waals surface area (Å²) in [6.07, 6.45) is 1.67. The van der Waals surface area contributed by atoms with E-state index in [1.807, 2.05) is 12.1 Å². The van der Waals surface area contributed by atoms with Crippen LogP contribution in [0.2, 0.25) is 0 Å². The lowest BCUT2D eigenvalue weighted by Gasteiger charge is -2.07. The van der Waals surface area contributed by atoms with Gasteiger partial charge in [0.25, 0.3) is 5.69 Å². The highest BCUT2D eigenvalue weighted by atomic mass is 16.6. The minimum Gasteiger partial charge on any atom is -0.341 e. The van der Waals surface area contributed by atoms with Crippen LogP contribution in [0.1, 0.15) is 16.8 Å². The highest BCUT2D eigenvalue weighted by Gasteiger charge is 2.15. The quantitative estimate of drug-likeness (QED) is 0.612. The van der Waals surface area contributed by atoms with Crippen molar-refractivity contribution in [1.82, 2.24) is 4.57 Å². The van der Waals surface area contributed by atoms with E-state index in [9.17, 15) is 10.1 Å². The summed E-state index contributed by atoms with van der Waals surface area (Å²) in [5.41, 5.74) is 2.14. The van der Waals surface area contributed by atoms with Gasteiger partial charge in [-0.3, -0.25) is 10.1 Å². The standard InChI is InChI=1S/C13H11N3O2/c1-10-13(16(17)18)6-7-15(10)9-12-5-3-2-4-11(12)8-14/h2-7H,9H2,1H3. The van der Waals surface area contributed by atoms with Crippen molar-refractivity contribution in [3.8, 4) is 6.07 Å². The van der Waals surface area contributed by atoms with Crippen LogP contribution < -0.4 is 0 Å². The fraction of sp³-hybridized carbons (Fsp3) is 0.154. The molecule has 5 heteroatoms. The van der Waals surface area contributed by atoms with Gasteiger partial charge in [-0.1, -0.05) is 18.2 Å². The molecule has 90 valence electrons. The Kier molecular flexibility index (Phi) is 3.11. The fourth-order valence-electron chi connectivity index (χ4n) is 1.86. The van der Waals surface area contributed by atoms with E-state index in [2.05, 4.69) is 6.07 Å². The molecule has 0 aliphatic heterocycles. The molecule has 0 saturated carbocycles. The number of nitriles is 1. The minimum atomic E-state index is -0.401. The molecule has 0 bridgehead atoms. The second-order valence-electron chi connectivity index (χ2n) is 3.94. The third kappa shape index (κ3) is 2.09. The summed E-state index contributed by atoms with van der Waals surface area (Å²) in [4.78, 5) is 10.3. The van der Waals surface area contributed by atoms with Crippen LogP contribution in [-0.2, 0) is 6.54 Å². The van der Waals surface area contributed by atoms with Gasteiger partial charge in [0.2, 0.25) is 0 Å². The molecular weight excluding hydrogens is 230 g/mol. The van der Waals surface area contributed by atoms with E-state index in [4.69, 9.17) is 5.26 Å². The van der Waals surface area contributed by atoms with Crippen LogP contribution >= 0.6 is 0 Å². The molecule has 0 aliphatic carbocycles.